The van der Waals surface area contributed by atoms with Gasteiger partial charge in [0.25, 0.3) is 0 Å². The predicted molar refractivity (Wildman–Crippen MR) is 103 cm³/mol. The van der Waals surface area contributed by atoms with E-state index in [9.17, 15) is 0 Å². The third kappa shape index (κ3) is 3.93. The Morgan fingerprint density at radius 3 is 2.96 bits per heavy atom. The number of aromatic nitrogens is 4. The molecule has 8 heteroatoms. The van der Waals surface area contributed by atoms with Crippen LogP contribution in [0.5, 0.6) is 5.88 Å². The number of hydrogen-bond donors (Lipinski definition) is 0. The molecule has 1 aliphatic heterocycles. The summed E-state index contributed by atoms with van der Waals surface area (Å²) >= 11 is 0. The second-order valence-corrected chi connectivity index (χ2v) is 6.85. The Morgan fingerprint density at radius 1 is 1.25 bits per heavy atom. The van der Waals surface area contributed by atoms with E-state index < -0.39 is 0 Å². The molecule has 0 atom stereocenters. The van der Waals surface area contributed by atoms with E-state index >= 15 is 0 Å². The van der Waals surface area contributed by atoms with Gasteiger partial charge in [-0.2, -0.15) is 5.10 Å². The highest BCUT2D eigenvalue weighted by molar-refractivity contribution is 5.59. The molecule has 0 aliphatic carbocycles. The second kappa shape index (κ2) is 8.53. The van der Waals surface area contributed by atoms with Crippen LogP contribution < -0.4 is 4.74 Å². The van der Waals surface area contributed by atoms with Gasteiger partial charge in [-0.05, 0) is 12.5 Å². The van der Waals surface area contributed by atoms with Crippen LogP contribution in [0.2, 0.25) is 0 Å². The lowest BCUT2D eigenvalue weighted by molar-refractivity contribution is 0.188. The predicted octanol–water partition coefficient (Wildman–Crippen LogP) is 2.54. The minimum Gasteiger partial charge on any atom is -0.481 e. The van der Waals surface area contributed by atoms with Crippen molar-refractivity contribution in [3.8, 4) is 17.3 Å². The third-order valence-electron chi connectivity index (χ3n) is 4.98. The molecule has 28 heavy (non-hydrogen) atoms. The lowest BCUT2D eigenvalue weighted by Crippen LogP contribution is -2.31. The van der Waals surface area contributed by atoms with Crippen molar-refractivity contribution in [3.05, 3.63) is 47.8 Å². The molecule has 0 aromatic carbocycles. The Bertz CT molecular complexity index is 907. The van der Waals surface area contributed by atoms with Crippen molar-refractivity contribution >= 4 is 0 Å². The molecule has 0 N–H and O–H groups in total. The Morgan fingerprint density at radius 2 is 2.18 bits per heavy atom. The van der Waals surface area contributed by atoms with E-state index in [1.165, 1.54) is 17.7 Å². The largest absolute Gasteiger partial charge is 0.481 e. The molecule has 0 saturated carbocycles. The summed E-state index contributed by atoms with van der Waals surface area (Å²) in [5.41, 5.74) is 5.19. The van der Waals surface area contributed by atoms with E-state index in [0.717, 1.165) is 62.7 Å². The molecule has 3 aromatic heterocycles. The van der Waals surface area contributed by atoms with Gasteiger partial charge in [0.2, 0.25) is 5.88 Å². The molecule has 0 spiro atoms. The van der Waals surface area contributed by atoms with E-state index in [-0.39, 0.29) is 0 Å². The SMILES string of the molecule is COCCCn1nc(-c2cocn2)c2c1CCN(Cc1cccc(OC)n1)C2. The van der Waals surface area contributed by atoms with Crippen LogP contribution in [-0.4, -0.2) is 52.0 Å². The Hall–Kier alpha value is -2.71. The number of methoxy groups -OCH3 is 2. The molecule has 4 heterocycles. The number of rotatable bonds is 8. The summed E-state index contributed by atoms with van der Waals surface area (Å²) < 4.78 is 17.8. The van der Waals surface area contributed by atoms with Gasteiger partial charge in [-0.1, -0.05) is 6.07 Å². The summed E-state index contributed by atoms with van der Waals surface area (Å²) in [6.07, 6.45) is 4.98. The highest BCUT2D eigenvalue weighted by Gasteiger charge is 2.26. The monoisotopic (exact) mass is 383 g/mol. The Labute approximate surface area is 164 Å². The molecule has 0 saturated heterocycles. The van der Waals surface area contributed by atoms with Crippen molar-refractivity contribution in [2.75, 3.05) is 27.4 Å². The van der Waals surface area contributed by atoms with Gasteiger partial charge in [-0.3, -0.25) is 9.58 Å². The standard InChI is InChI=1S/C20H25N5O3/c1-26-10-4-8-25-18-7-9-24(11-15-5-3-6-19(22-15)27-2)12-16(18)20(23-25)17-13-28-14-21-17/h3,5-6,13-14H,4,7-12H2,1-2H3. The Balaban J connectivity index is 1.57. The highest BCUT2D eigenvalue weighted by atomic mass is 16.5. The zero-order chi connectivity index (χ0) is 19.3. The fourth-order valence-electron chi connectivity index (χ4n) is 3.65. The molecule has 148 valence electrons. The van der Waals surface area contributed by atoms with Crippen LogP contribution in [-0.2, 0) is 30.8 Å². The topological polar surface area (TPSA) is 78.4 Å². The van der Waals surface area contributed by atoms with Crippen LogP contribution in [0.15, 0.2) is 35.3 Å². The van der Waals surface area contributed by atoms with Gasteiger partial charge in [0, 0.05) is 63.6 Å². The zero-order valence-electron chi connectivity index (χ0n) is 16.3. The van der Waals surface area contributed by atoms with Crippen molar-refractivity contribution in [2.45, 2.75) is 32.5 Å². The van der Waals surface area contributed by atoms with Crippen LogP contribution in [0.3, 0.4) is 0 Å². The van der Waals surface area contributed by atoms with Crippen molar-refractivity contribution in [3.63, 3.8) is 0 Å². The first-order valence-corrected chi connectivity index (χ1v) is 9.47. The van der Waals surface area contributed by atoms with E-state index in [0.29, 0.717) is 5.88 Å². The summed E-state index contributed by atoms with van der Waals surface area (Å²) in [7, 11) is 3.37. The van der Waals surface area contributed by atoms with E-state index in [4.69, 9.17) is 19.0 Å². The average Bonchev–Trinajstić information content (AvgIpc) is 3.36. The zero-order valence-corrected chi connectivity index (χ0v) is 16.3. The summed E-state index contributed by atoms with van der Waals surface area (Å²) in [6.45, 7) is 4.09. The molecule has 3 aromatic rings. The fraction of sp³-hybridized carbons (Fsp3) is 0.450. The number of pyridine rings is 1. The van der Waals surface area contributed by atoms with Crippen molar-refractivity contribution < 1.29 is 13.9 Å². The fourth-order valence-corrected chi connectivity index (χ4v) is 3.65. The molecule has 0 radical (unpaired) electrons. The number of aryl methyl sites for hydroxylation is 1. The summed E-state index contributed by atoms with van der Waals surface area (Å²) in [5, 5.41) is 4.85. The molecule has 0 unspecified atom stereocenters. The van der Waals surface area contributed by atoms with E-state index in [1.54, 1.807) is 20.5 Å². The lowest BCUT2D eigenvalue weighted by Gasteiger charge is -2.27. The smallest absolute Gasteiger partial charge is 0.213 e. The first-order valence-electron chi connectivity index (χ1n) is 9.47. The minimum atomic E-state index is 0.643. The maximum absolute atomic E-state index is 5.25. The molecule has 1 aliphatic rings. The molecule has 0 fully saturated rings. The van der Waals surface area contributed by atoms with E-state index in [1.807, 2.05) is 18.2 Å². The quantitative estimate of drug-likeness (QED) is 0.553. The number of fused-ring (bicyclic) bond motifs is 1. The van der Waals surface area contributed by atoms with Gasteiger partial charge < -0.3 is 13.9 Å². The van der Waals surface area contributed by atoms with Crippen LogP contribution >= 0.6 is 0 Å². The third-order valence-corrected chi connectivity index (χ3v) is 4.98. The summed E-state index contributed by atoms with van der Waals surface area (Å²) in [5.74, 6) is 0.643. The number of nitrogens with zero attached hydrogens (tertiary/aromatic N) is 5. The number of ether oxygens (including phenoxy) is 2. The van der Waals surface area contributed by atoms with Crippen LogP contribution in [0.1, 0.15) is 23.4 Å². The van der Waals surface area contributed by atoms with Crippen molar-refractivity contribution in [1.29, 1.82) is 0 Å². The van der Waals surface area contributed by atoms with Crippen molar-refractivity contribution in [2.24, 2.45) is 0 Å². The van der Waals surface area contributed by atoms with Gasteiger partial charge >= 0.3 is 0 Å². The van der Waals surface area contributed by atoms with Crippen molar-refractivity contribution in [1.82, 2.24) is 24.6 Å². The molecule has 0 bridgehead atoms. The molecule has 0 amide bonds. The summed E-state index contributed by atoms with van der Waals surface area (Å²) in [4.78, 5) is 11.2. The van der Waals surface area contributed by atoms with Gasteiger partial charge in [0.15, 0.2) is 6.39 Å². The Kier molecular flexibility index (Phi) is 5.68. The minimum absolute atomic E-state index is 0.643. The maximum atomic E-state index is 5.25. The first-order chi connectivity index (χ1) is 13.8. The second-order valence-electron chi connectivity index (χ2n) is 6.85. The maximum Gasteiger partial charge on any atom is 0.213 e. The van der Waals surface area contributed by atoms with Gasteiger partial charge in [0.05, 0.1) is 12.8 Å². The number of hydrogen-bond acceptors (Lipinski definition) is 7. The lowest BCUT2D eigenvalue weighted by atomic mass is 10.0. The highest BCUT2D eigenvalue weighted by Crippen LogP contribution is 2.30. The van der Waals surface area contributed by atoms with Gasteiger partial charge in [-0.15, -0.1) is 0 Å². The molecule has 8 nitrogen and oxygen atoms in total. The summed E-state index contributed by atoms with van der Waals surface area (Å²) in [6, 6.07) is 5.88. The van der Waals surface area contributed by atoms with Gasteiger partial charge in [0.1, 0.15) is 17.7 Å². The molecule has 4 rings (SSSR count). The van der Waals surface area contributed by atoms with Crippen LogP contribution in [0.25, 0.3) is 11.4 Å². The van der Waals surface area contributed by atoms with Gasteiger partial charge in [-0.25, -0.2) is 9.97 Å². The average molecular weight is 383 g/mol. The normalized spacial score (nSPS) is 14.2. The molecular formula is C20H25N5O3. The molecular weight excluding hydrogens is 358 g/mol. The first kappa shape index (κ1) is 18.6. The van der Waals surface area contributed by atoms with Crippen LogP contribution in [0.4, 0.5) is 0 Å². The van der Waals surface area contributed by atoms with E-state index in [2.05, 4.69) is 19.5 Å². The van der Waals surface area contributed by atoms with Crippen LogP contribution in [0, 0.1) is 0 Å². The number of oxazole rings is 1.